The van der Waals surface area contributed by atoms with Crippen LogP contribution in [0, 0.1) is 0 Å². The highest BCUT2D eigenvalue weighted by Gasteiger charge is 2.43. The SMILES string of the molecule is CC(C)(C)c1ncn(C2(C)CC2)c1C(C)(C)C. The van der Waals surface area contributed by atoms with Gasteiger partial charge < -0.3 is 4.57 Å². The van der Waals surface area contributed by atoms with Crippen molar-refractivity contribution in [3.63, 3.8) is 0 Å². The van der Waals surface area contributed by atoms with Gasteiger partial charge in [-0.15, -0.1) is 0 Å². The van der Waals surface area contributed by atoms with Gasteiger partial charge in [-0.1, -0.05) is 41.5 Å². The largest absolute Gasteiger partial charge is 0.328 e. The summed E-state index contributed by atoms with van der Waals surface area (Å²) in [5.74, 6) is 0. The first-order valence-electron chi connectivity index (χ1n) is 6.64. The highest BCUT2D eigenvalue weighted by atomic mass is 15.2. The fourth-order valence-corrected chi connectivity index (χ4v) is 2.44. The molecule has 1 aliphatic carbocycles. The summed E-state index contributed by atoms with van der Waals surface area (Å²) in [6.45, 7) is 16.0. The summed E-state index contributed by atoms with van der Waals surface area (Å²) in [4.78, 5) is 4.72. The minimum Gasteiger partial charge on any atom is -0.328 e. The lowest BCUT2D eigenvalue weighted by molar-refractivity contribution is 0.435. The van der Waals surface area contributed by atoms with Crippen molar-refractivity contribution in [2.24, 2.45) is 0 Å². The third-order valence-corrected chi connectivity index (χ3v) is 3.74. The third kappa shape index (κ3) is 2.14. The van der Waals surface area contributed by atoms with Crippen molar-refractivity contribution in [3.05, 3.63) is 17.7 Å². The molecule has 0 spiro atoms. The Morgan fingerprint density at radius 1 is 1.06 bits per heavy atom. The van der Waals surface area contributed by atoms with Gasteiger partial charge >= 0.3 is 0 Å². The first-order chi connectivity index (χ1) is 7.56. The molecule has 0 saturated heterocycles. The van der Waals surface area contributed by atoms with Crippen LogP contribution in [-0.2, 0) is 16.4 Å². The molecule has 0 N–H and O–H groups in total. The fraction of sp³-hybridized carbons (Fsp3) is 0.800. The zero-order valence-electron chi connectivity index (χ0n) is 12.4. The van der Waals surface area contributed by atoms with E-state index in [1.807, 2.05) is 0 Å². The van der Waals surface area contributed by atoms with Crippen LogP contribution in [0.5, 0.6) is 0 Å². The molecule has 0 aliphatic heterocycles. The number of aromatic nitrogens is 2. The summed E-state index contributed by atoms with van der Waals surface area (Å²) < 4.78 is 2.44. The maximum Gasteiger partial charge on any atom is 0.0957 e. The van der Waals surface area contributed by atoms with E-state index >= 15 is 0 Å². The molecule has 2 rings (SSSR count). The van der Waals surface area contributed by atoms with Crippen LogP contribution in [0.25, 0.3) is 0 Å². The van der Waals surface area contributed by atoms with Crippen molar-refractivity contribution >= 4 is 0 Å². The predicted octanol–water partition coefficient (Wildman–Crippen LogP) is 3.99. The van der Waals surface area contributed by atoms with E-state index in [9.17, 15) is 0 Å². The summed E-state index contributed by atoms with van der Waals surface area (Å²) >= 11 is 0. The number of imidazole rings is 1. The average Bonchev–Trinajstić information content (AvgIpc) is 2.71. The Morgan fingerprint density at radius 3 is 1.94 bits per heavy atom. The summed E-state index contributed by atoms with van der Waals surface area (Å²) in [7, 11) is 0. The minimum atomic E-state index is 0.124. The molecule has 1 aliphatic rings. The number of rotatable bonds is 1. The number of hydrogen-bond acceptors (Lipinski definition) is 1. The van der Waals surface area contributed by atoms with E-state index < -0.39 is 0 Å². The van der Waals surface area contributed by atoms with E-state index in [0.717, 1.165) is 0 Å². The summed E-state index contributed by atoms with van der Waals surface area (Å²) in [5.41, 5.74) is 3.30. The second-order valence-electron chi connectivity index (χ2n) is 7.81. The molecular formula is C15H26N2. The van der Waals surface area contributed by atoms with Crippen molar-refractivity contribution in [3.8, 4) is 0 Å². The number of hydrogen-bond donors (Lipinski definition) is 0. The lowest BCUT2D eigenvalue weighted by Crippen LogP contribution is -2.27. The first-order valence-corrected chi connectivity index (χ1v) is 6.64. The molecule has 1 fully saturated rings. The van der Waals surface area contributed by atoms with E-state index in [0.29, 0.717) is 5.54 Å². The molecule has 1 saturated carbocycles. The molecule has 0 bridgehead atoms. The van der Waals surface area contributed by atoms with Gasteiger partial charge in [-0.05, 0) is 19.8 Å². The summed E-state index contributed by atoms with van der Waals surface area (Å²) in [5, 5.41) is 0. The maximum absolute atomic E-state index is 4.72. The maximum atomic E-state index is 4.72. The van der Waals surface area contributed by atoms with Crippen LogP contribution in [0.4, 0.5) is 0 Å². The van der Waals surface area contributed by atoms with Crippen LogP contribution in [-0.4, -0.2) is 9.55 Å². The van der Waals surface area contributed by atoms with Gasteiger partial charge in [-0.2, -0.15) is 0 Å². The molecule has 1 aromatic rings. The van der Waals surface area contributed by atoms with Crippen LogP contribution in [0.15, 0.2) is 6.33 Å². The molecule has 1 aromatic heterocycles. The highest BCUT2D eigenvalue weighted by Crippen LogP contribution is 2.47. The van der Waals surface area contributed by atoms with Crippen LogP contribution in [0.1, 0.15) is 72.7 Å². The lowest BCUT2D eigenvalue weighted by atomic mass is 9.81. The van der Waals surface area contributed by atoms with Gasteiger partial charge in [0.2, 0.25) is 0 Å². The normalized spacial score (nSPS) is 19.5. The molecule has 0 atom stereocenters. The smallest absolute Gasteiger partial charge is 0.0957 e. The van der Waals surface area contributed by atoms with Gasteiger partial charge in [0.25, 0.3) is 0 Å². The third-order valence-electron chi connectivity index (χ3n) is 3.74. The molecule has 0 unspecified atom stereocenters. The van der Waals surface area contributed by atoms with Crippen molar-refractivity contribution in [2.75, 3.05) is 0 Å². The molecule has 17 heavy (non-hydrogen) atoms. The van der Waals surface area contributed by atoms with E-state index in [2.05, 4.69) is 59.4 Å². The Kier molecular flexibility index (Phi) is 2.51. The van der Waals surface area contributed by atoms with Gasteiger partial charge in [0, 0.05) is 22.1 Å². The molecule has 0 radical (unpaired) electrons. The molecule has 0 aromatic carbocycles. The minimum absolute atomic E-state index is 0.124. The average molecular weight is 234 g/mol. The highest BCUT2D eigenvalue weighted by molar-refractivity contribution is 5.29. The lowest BCUT2D eigenvalue weighted by Gasteiger charge is -2.29. The van der Waals surface area contributed by atoms with Crippen molar-refractivity contribution in [2.45, 2.75) is 77.7 Å². The molecule has 2 heteroatoms. The second kappa shape index (κ2) is 3.37. The summed E-state index contributed by atoms with van der Waals surface area (Å²) in [6.07, 6.45) is 4.64. The molecule has 0 amide bonds. The van der Waals surface area contributed by atoms with Crippen LogP contribution in [0.3, 0.4) is 0 Å². The quantitative estimate of drug-likeness (QED) is 0.718. The Morgan fingerprint density at radius 2 is 1.59 bits per heavy atom. The zero-order valence-corrected chi connectivity index (χ0v) is 12.4. The Bertz CT molecular complexity index is 400. The van der Waals surface area contributed by atoms with Gasteiger partial charge in [0.05, 0.1) is 12.0 Å². The van der Waals surface area contributed by atoms with E-state index in [-0.39, 0.29) is 10.8 Å². The van der Waals surface area contributed by atoms with Crippen LogP contribution >= 0.6 is 0 Å². The summed E-state index contributed by atoms with van der Waals surface area (Å²) in [6, 6.07) is 0. The fourth-order valence-electron chi connectivity index (χ4n) is 2.44. The van der Waals surface area contributed by atoms with Crippen molar-refractivity contribution in [1.29, 1.82) is 0 Å². The van der Waals surface area contributed by atoms with E-state index in [4.69, 9.17) is 4.98 Å². The monoisotopic (exact) mass is 234 g/mol. The standard InChI is InChI=1S/C15H26N2/c1-13(2,3)11-12(14(4,5)6)17(10-16-11)15(7)8-9-15/h10H,8-9H2,1-7H3. The van der Waals surface area contributed by atoms with Crippen molar-refractivity contribution in [1.82, 2.24) is 9.55 Å². The van der Waals surface area contributed by atoms with E-state index in [1.165, 1.54) is 24.2 Å². The van der Waals surface area contributed by atoms with Gasteiger partial charge in [-0.25, -0.2) is 4.98 Å². The Hall–Kier alpha value is -0.790. The van der Waals surface area contributed by atoms with Crippen LogP contribution in [0.2, 0.25) is 0 Å². The number of nitrogens with zero attached hydrogens (tertiary/aromatic N) is 2. The Balaban J connectivity index is 2.60. The molecule has 1 heterocycles. The topological polar surface area (TPSA) is 17.8 Å². The van der Waals surface area contributed by atoms with Crippen LogP contribution < -0.4 is 0 Å². The van der Waals surface area contributed by atoms with Gasteiger partial charge in [0.1, 0.15) is 0 Å². The van der Waals surface area contributed by atoms with Gasteiger partial charge in [0.15, 0.2) is 0 Å². The second-order valence-corrected chi connectivity index (χ2v) is 7.81. The molecular weight excluding hydrogens is 208 g/mol. The molecule has 96 valence electrons. The van der Waals surface area contributed by atoms with Gasteiger partial charge in [-0.3, -0.25) is 0 Å². The van der Waals surface area contributed by atoms with Crippen molar-refractivity contribution < 1.29 is 0 Å². The predicted molar refractivity (Wildman–Crippen MR) is 72.5 cm³/mol. The Labute approximate surface area is 105 Å². The zero-order chi connectivity index (χ0) is 13.1. The first kappa shape index (κ1) is 12.7. The van der Waals surface area contributed by atoms with E-state index in [1.54, 1.807) is 0 Å². The molecule has 2 nitrogen and oxygen atoms in total.